The molecule has 0 aliphatic rings. The highest BCUT2D eigenvalue weighted by atomic mass is 35.5. The summed E-state index contributed by atoms with van der Waals surface area (Å²) in [5.41, 5.74) is 2.72. The molecule has 0 saturated carbocycles. The average Bonchev–Trinajstić information content (AvgIpc) is 3.03. The summed E-state index contributed by atoms with van der Waals surface area (Å²) in [6.45, 7) is 0. The minimum Gasteiger partial charge on any atom is -0.497 e. The number of nitrogens with zero attached hydrogens (tertiary/aromatic N) is 2. The lowest BCUT2D eigenvalue weighted by molar-refractivity contribution is 0.415. The second-order valence-electron chi connectivity index (χ2n) is 4.90. The van der Waals surface area contributed by atoms with E-state index < -0.39 is 0 Å². The molecule has 0 atom stereocenters. The number of hydrogen-bond acceptors (Lipinski definition) is 2. The molecule has 5 heteroatoms. The number of aromatic nitrogens is 1. The van der Waals surface area contributed by atoms with E-state index in [4.69, 9.17) is 27.9 Å². The smallest absolute Gasteiger partial charge is 0.119 e. The van der Waals surface area contributed by atoms with E-state index in [1.807, 2.05) is 47.3 Å². The molecule has 1 aromatic heterocycles. The molecule has 3 rings (SSSR count). The quantitative estimate of drug-likeness (QED) is 0.570. The topological polar surface area (TPSA) is 26.5 Å². The van der Waals surface area contributed by atoms with Crippen molar-refractivity contribution in [2.24, 2.45) is 4.99 Å². The predicted molar refractivity (Wildman–Crippen MR) is 96.0 cm³/mol. The maximum absolute atomic E-state index is 6.11. The van der Waals surface area contributed by atoms with E-state index in [1.54, 1.807) is 31.5 Å². The van der Waals surface area contributed by atoms with Crippen LogP contribution in [0.15, 0.2) is 65.9 Å². The molecule has 0 aliphatic carbocycles. The molecule has 0 fully saturated rings. The van der Waals surface area contributed by atoms with Crippen LogP contribution in [-0.4, -0.2) is 17.9 Å². The summed E-state index contributed by atoms with van der Waals surface area (Å²) in [5, 5.41) is 1.13. The fourth-order valence-electron chi connectivity index (χ4n) is 2.13. The lowest BCUT2D eigenvalue weighted by Gasteiger charge is -2.04. The van der Waals surface area contributed by atoms with E-state index in [0.29, 0.717) is 15.7 Å². The second-order valence-corrected chi connectivity index (χ2v) is 5.75. The minimum absolute atomic E-state index is 0.531. The Bertz CT molecular complexity index is 838. The Morgan fingerprint density at radius 1 is 1.04 bits per heavy atom. The highest BCUT2D eigenvalue weighted by molar-refractivity contribution is 6.36. The van der Waals surface area contributed by atoms with E-state index >= 15 is 0 Å². The van der Waals surface area contributed by atoms with Crippen LogP contribution in [0.25, 0.3) is 5.69 Å². The Labute approximate surface area is 144 Å². The summed E-state index contributed by atoms with van der Waals surface area (Å²) in [7, 11) is 1.65. The first-order chi connectivity index (χ1) is 11.2. The Morgan fingerprint density at radius 3 is 2.52 bits per heavy atom. The number of rotatable bonds is 4. The van der Waals surface area contributed by atoms with Crippen LogP contribution in [0.2, 0.25) is 10.0 Å². The third kappa shape index (κ3) is 3.76. The summed E-state index contributed by atoms with van der Waals surface area (Å²) in [6, 6.07) is 15.1. The first kappa shape index (κ1) is 15.7. The fraction of sp³-hybridized carbons (Fsp3) is 0.0556. The van der Waals surface area contributed by atoms with Crippen LogP contribution in [0.1, 0.15) is 5.56 Å². The summed E-state index contributed by atoms with van der Waals surface area (Å²) in [5.74, 6) is 0.833. The Balaban J connectivity index is 1.79. The van der Waals surface area contributed by atoms with Crippen LogP contribution in [-0.2, 0) is 0 Å². The summed E-state index contributed by atoms with van der Waals surface area (Å²) < 4.78 is 7.18. The maximum atomic E-state index is 6.11. The zero-order valence-corrected chi connectivity index (χ0v) is 13.9. The van der Waals surface area contributed by atoms with E-state index in [2.05, 4.69) is 4.99 Å². The fourth-order valence-corrected chi connectivity index (χ4v) is 2.59. The molecule has 3 nitrogen and oxygen atoms in total. The van der Waals surface area contributed by atoms with Gasteiger partial charge in [0.25, 0.3) is 0 Å². The average molecular weight is 345 g/mol. The maximum Gasteiger partial charge on any atom is 0.119 e. The third-order valence-electron chi connectivity index (χ3n) is 3.35. The first-order valence-electron chi connectivity index (χ1n) is 6.97. The molecule has 0 bridgehead atoms. The number of ether oxygens (including phenoxy) is 1. The van der Waals surface area contributed by atoms with Crippen LogP contribution in [0.3, 0.4) is 0 Å². The number of methoxy groups -OCH3 is 1. The van der Waals surface area contributed by atoms with Gasteiger partial charge in [-0.1, -0.05) is 23.2 Å². The summed E-state index contributed by atoms with van der Waals surface area (Å²) in [6.07, 6.45) is 5.75. The Hall–Kier alpha value is -2.23. The van der Waals surface area contributed by atoms with Gasteiger partial charge in [-0.3, -0.25) is 4.99 Å². The highest BCUT2D eigenvalue weighted by Gasteiger charge is 2.01. The third-order valence-corrected chi connectivity index (χ3v) is 3.89. The van der Waals surface area contributed by atoms with E-state index in [9.17, 15) is 0 Å². The van der Waals surface area contributed by atoms with E-state index in [0.717, 1.165) is 17.0 Å². The van der Waals surface area contributed by atoms with Crippen LogP contribution in [0, 0.1) is 0 Å². The van der Waals surface area contributed by atoms with Gasteiger partial charge in [0.2, 0.25) is 0 Å². The van der Waals surface area contributed by atoms with Gasteiger partial charge in [0.05, 0.1) is 17.8 Å². The number of hydrogen-bond donors (Lipinski definition) is 0. The van der Waals surface area contributed by atoms with Crippen LogP contribution in [0.4, 0.5) is 5.69 Å². The highest BCUT2D eigenvalue weighted by Crippen LogP contribution is 2.27. The molecule has 0 unspecified atom stereocenters. The normalized spacial score (nSPS) is 11.1. The number of halogens is 2. The number of aliphatic imine (C=N–C) groups is 1. The monoisotopic (exact) mass is 344 g/mol. The van der Waals surface area contributed by atoms with Gasteiger partial charge >= 0.3 is 0 Å². The van der Waals surface area contributed by atoms with Crippen LogP contribution >= 0.6 is 23.2 Å². The molecule has 3 aromatic rings. The van der Waals surface area contributed by atoms with Gasteiger partial charge in [-0.25, -0.2) is 0 Å². The van der Waals surface area contributed by atoms with E-state index in [-0.39, 0.29) is 0 Å². The molecule has 0 saturated heterocycles. The van der Waals surface area contributed by atoms with Crippen molar-refractivity contribution in [2.75, 3.05) is 7.11 Å². The van der Waals surface area contributed by atoms with Crippen molar-refractivity contribution in [3.63, 3.8) is 0 Å². The molecule has 0 aliphatic heterocycles. The lowest BCUT2D eigenvalue weighted by Crippen LogP contribution is -1.90. The largest absolute Gasteiger partial charge is 0.497 e. The Kier molecular flexibility index (Phi) is 4.70. The first-order valence-corrected chi connectivity index (χ1v) is 7.73. The van der Waals surface area contributed by atoms with Crippen molar-refractivity contribution in [2.45, 2.75) is 0 Å². The SMILES string of the molecule is COc1ccc(-n2ccc(C=Nc3ccc(Cl)cc3Cl)c2)cc1. The molecular weight excluding hydrogens is 331 g/mol. The van der Waals surface area contributed by atoms with Crippen molar-refractivity contribution in [3.05, 3.63) is 76.5 Å². The molecular formula is C18H14Cl2N2O. The molecule has 0 spiro atoms. The van der Waals surface area contributed by atoms with Gasteiger partial charge in [-0.05, 0) is 48.5 Å². The van der Waals surface area contributed by atoms with Gasteiger partial charge < -0.3 is 9.30 Å². The number of benzene rings is 2. The molecule has 23 heavy (non-hydrogen) atoms. The Morgan fingerprint density at radius 2 is 1.83 bits per heavy atom. The molecule has 0 N–H and O–H groups in total. The zero-order chi connectivity index (χ0) is 16.2. The van der Waals surface area contributed by atoms with Gasteiger partial charge in [0.15, 0.2) is 0 Å². The second kappa shape index (κ2) is 6.90. The molecule has 0 amide bonds. The zero-order valence-electron chi connectivity index (χ0n) is 12.4. The molecule has 116 valence electrons. The van der Waals surface area contributed by atoms with Crippen LogP contribution in [0.5, 0.6) is 5.75 Å². The van der Waals surface area contributed by atoms with Crippen molar-refractivity contribution >= 4 is 35.1 Å². The molecule has 0 radical (unpaired) electrons. The van der Waals surface area contributed by atoms with Crippen molar-refractivity contribution in [1.29, 1.82) is 0 Å². The molecule has 2 aromatic carbocycles. The summed E-state index contributed by atoms with van der Waals surface area (Å²) in [4.78, 5) is 4.40. The molecule has 1 heterocycles. The lowest BCUT2D eigenvalue weighted by atomic mass is 10.3. The predicted octanol–water partition coefficient (Wildman–Crippen LogP) is 5.54. The van der Waals surface area contributed by atoms with Crippen molar-refractivity contribution < 1.29 is 4.74 Å². The van der Waals surface area contributed by atoms with Crippen LogP contribution < -0.4 is 4.74 Å². The van der Waals surface area contributed by atoms with E-state index in [1.165, 1.54) is 0 Å². The van der Waals surface area contributed by atoms with Gasteiger partial charge in [-0.15, -0.1) is 0 Å². The minimum atomic E-state index is 0.531. The standard InChI is InChI=1S/C18H14Cl2N2O/c1-23-16-5-3-15(4-6-16)22-9-8-13(12-22)11-21-18-7-2-14(19)10-17(18)20/h2-12H,1H3. The van der Waals surface area contributed by atoms with Gasteiger partial charge in [0.1, 0.15) is 5.75 Å². The van der Waals surface area contributed by atoms with Gasteiger partial charge in [-0.2, -0.15) is 0 Å². The summed E-state index contributed by atoms with van der Waals surface area (Å²) >= 11 is 12.0. The van der Waals surface area contributed by atoms with Crippen molar-refractivity contribution in [3.8, 4) is 11.4 Å². The van der Waals surface area contributed by atoms with Crippen molar-refractivity contribution in [1.82, 2.24) is 4.57 Å². The van der Waals surface area contributed by atoms with Gasteiger partial charge in [0, 0.05) is 34.9 Å².